The Balaban J connectivity index is 1.22. The van der Waals surface area contributed by atoms with Crippen LogP contribution in [0.5, 0.6) is 11.5 Å². The zero-order chi connectivity index (χ0) is 19.4. The molecule has 0 bridgehead atoms. The smallest absolute Gasteiger partial charge is 0.298 e. The van der Waals surface area contributed by atoms with Crippen molar-refractivity contribution in [3.05, 3.63) is 60.2 Å². The van der Waals surface area contributed by atoms with Gasteiger partial charge in [-0.05, 0) is 30.5 Å². The van der Waals surface area contributed by atoms with E-state index in [2.05, 4.69) is 4.90 Å². The number of hydrogen-bond acceptors (Lipinski definition) is 6. The number of epoxide rings is 1. The van der Waals surface area contributed by atoms with Gasteiger partial charge in [0.05, 0.1) is 5.60 Å². The fourth-order valence-corrected chi connectivity index (χ4v) is 3.77. The average Bonchev–Trinajstić information content (AvgIpc) is 3.48. The highest BCUT2D eigenvalue weighted by Crippen LogP contribution is 2.34. The first kappa shape index (κ1) is 18.9. The standard InChI is InChI=1S/C22H25NO5/c24-16-27-19-9-5-4-8-18(19)26-15-21-20(28-21)14-23-12-10-22(25,11-13-23)17-6-2-1-3-7-17/h1-9,16,20-21,25H,10-15H2. The molecule has 2 fully saturated rings. The van der Waals surface area contributed by atoms with Crippen LogP contribution in [0.3, 0.4) is 0 Å². The Labute approximate surface area is 164 Å². The fourth-order valence-electron chi connectivity index (χ4n) is 3.77. The third kappa shape index (κ3) is 4.35. The summed E-state index contributed by atoms with van der Waals surface area (Å²) in [5.74, 6) is 0.945. The van der Waals surface area contributed by atoms with Gasteiger partial charge < -0.3 is 24.2 Å². The minimum Gasteiger partial charge on any atom is -0.487 e. The van der Waals surface area contributed by atoms with Crippen LogP contribution in [-0.4, -0.2) is 54.9 Å². The second kappa shape index (κ2) is 8.31. The molecule has 2 aromatic rings. The van der Waals surface area contributed by atoms with Gasteiger partial charge in [0, 0.05) is 19.6 Å². The number of nitrogens with zero attached hydrogens (tertiary/aromatic N) is 1. The first-order valence-corrected chi connectivity index (χ1v) is 9.66. The molecule has 4 rings (SSSR count). The van der Waals surface area contributed by atoms with Gasteiger partial charge in [-0.1, -0.05) is 42.5 Å². The summed E-state index contributed by atoms with van der Waals surface area (Å²) < 4.78 is 16.4. The Bertz CT molecular complexity index is 789. The van der Waals surface area contributed by atoms with E-state index in [1.54, 1.807) is 18.2 Å². The van der Waals surface area contributed by atoms with Crippen molar-refractivity contribution in [1.29, 1.82) is 0 Å². The van der Waals surface area contributed by atoms with E-state index < -0.39 is 5.60 Å². The maximum absolute atomic E-state index is 10.9. The van der Waals surface area contributed by atoms with Crippen LogP contribution in [0.25, 0.3) is 0 Å². The summed E-state index contributed by atoms with van der Waals surface area (Å²) in [6.07, 6.45) is 1.63. The van der Waals surface area contributed by atoms with Crippen molar-refractivity contribution < 1.29 is 24.1 Å². The number of likely N-dealkylation sites (tertiary alicyclic amines) is 1. The third-order valence-corrected chi connectivity index (χ3v) is 5.55. The molecule has 0 spiro atoms. The lowest BCUT2D eigenvalue weighted by Crippen LogP contribution is -2.44. The highest BCUT2D eigenvalue weighted by molar-refractivity contribution is 5.50. The summed E-state index contributed by atoms with van der Waals surface area (Å²) in [6, 6.07) is 17.0. The lowest BCUT2D eigenvalue weighted by Gasteiger charge is -2.38. The molecular formula is C22H25NO5. The Kier molecular flexibility index (Phi) is 5.62. The van der Waals surface area contributed by atoms with Crippen molar-refractivity contribution in [2.24, 2.45) is 0 Å². The van der Waals surface area contributed by atoms with Gasteiger partial charge in [0.25, 0.3) is 6.47 Å². The highest BCUT2D eigenvalue weighted by atomic mass is 16.6. The van der Waals surface area contributed by atoms with Crippen molar-refractivity contribution in [3.8, 4) is 11.5 Å². The second-order valence-corrected chi connectivity index (χ2v) is 7.38. The van der Waals surface area contributed by atoms with Crippen molar-refractivity contribution in [1.82, 2.24) is 4.90 Å². The molecule has 1 N–H and O–H groups in total. The van der Waals surface area contributed by atoms with Crippen LogP contribution in [0, 0.1) is 0 Å². The number of aliphatic hydroxyl groups is 1. The number of hydrogen-bond donors (Lipinski definition) is 1. The van der Waals surface area contributed by atoms with Gasteiger partial charge in [0.15, 0.2) is 11.5 Å². The SMILES string of the molecule is O=COc1ccccc1OCC1OC1CN1CCC(O)(c2ccccc2)CC1. The molecule has 6 heteroatoms. The summed E-state index contributed by atoms with van der Waals surface area (Å²) in [7, 11) is 0. The molecule has 2 heterocycles. The second-order valence-electron chi connectivity index (χ2n) is 7.38. The predicted molar refractivity (Wildman–Crippen MR) is 103 cm³/mol. The first-order valence-electron chi connectivity index (χ1n) is 9.66. The molecule has 0 aromatic heterocycles. The van der Waals surface area contributed by atoms with E-state index in [-0.39, 0.29) is 12.2 Å². The van der Waals surface area contributed by atoms with Crippen LogP contribution in [0.15, 0.2) is 54.6 Å². The van der Waals surface area contributed by atoms with E-state index in [1.165, 1.54) is 0 Å². The van der Waals surface area contributed by atoms with Crippen LogP contribution in [0.4, 0.5) is 0 Å². The summed E-state index contributed by atoms with van der Waals surface area (Å²) >= 11 is 0. The Morgan fingerprint density at radius 3 is 2.43 bits per heavy atom. The van der Waals surface area contributed by atoms with E-state index >= 15 is 0 Å². The maximum atomic E-state index is 10.9. The van der Waals surface area contributed by atoms with Crippen LogP contribution >= 0.6 is 0 Å². The number of rotatable bonds is 8. The monoisotopic (exact) mass is 383 g/mol. The highest BCUT2D eigenvalue weighted by Gasteiger charge is 2.42. The Hall–Kier alpha value is -2.41. The minimum atomic E-state index is -0.729. The molecule has 2 aromatic carbocycles. The summed E-state index contributed by atoms with van der Waals surface area (Å²) in [6.45, 7) is 3.34. The summed E-state index contributed by atoms with van der Waals surface area (Å²) in [5, 5.41) is 10.9. The number of benzene rings is 2. The maximum Gasteiger partial charge on any atom is 0.298 e. The fraction of sp³-hybridized carbons (Fsp3) is 0.409. The van der Waals surface area contributed by atoms with Crippen LogP contribution < -0.4 is 9.47 Å². The summed E-state index contributed by atoms with van der Waals surface area (Å²) in [5.41, 5.74) is 0.271. The molecule has 6 nitrogen and oxygen atoms in total. The number of carbonyl (C=O) groups is 1. The topological polar surface area (TPSA) is 71.5 Å². The Morgan fingerprint density at radius 2 is 1.71 bits per heavy atom. The van der Waals surface area contributed by atoms with Gasteiger partial charge in [0.1, 0.15) is 18.8 Å². The normalized spacial score (nSPS) is 23.8. The van der Waals surface area contributed by atoms with E-state index in [0.717, 1.165) is 38.0 Å². The first-order chi connectivity index (χ1) is 13.7. The van der Waals surface area contributed by atoms with E-state index in [4.69, 9.17) is 14.2 Å². The van der Waals surface area contributed by atoms with Crippen LogP contribution in [0.2, 0.25) is 0 Å². The molecule has 0 saturated carbocycles. The largest absolute Gasteiger partial charge is 0.487 e. The molecule has 2 aliphatic heterocycles. The van der Waals surface area contributed by atoms with Crippen LogP contribution in [-0.2, 0) is 15.1 Å². The van der Waals surface area contributed by atoms with Gasteiger partial charge in [-0.2, -0.15) is 0 Å². The lowest BCUT2D eigenvalue weighted by molar-refractivity contribution is -0.120. The van der Waals surface area contributed by atoms with E-state index in [1.807, 2.05) is 36.4 Å². The number of ether oxygens (including phenoxy) is 3. The van der Waals surface area contributed by atoms with Gasteiger partial charge in [0.2, 0.25) is 0 Å². The van der Waals surface area contributed by atoms with Gasteiger partial charge in [-0.3, -0.25) is 4.79 Å². The van der Waals surface area contributed by atoms with E-state index in [9.17, 15) is 9.90 Å². The van der Waals surface area contributed by atoms with Gasteiger partial charge in [-0.15, -0.1) is 0 Å². The van der Waals surface area contributed by atoms with Gasteiger partial charge in [-0.25, -0.2) is 0 Å². The molecule has 2 atom stereocenters. The molecule has 28 heavy (non-hydrogen) atoms. The quantitative estimate of drug-likeness (QED) is 0.557. The van der Waals surface area contributed by atoms with Crippen molar-refractivity contribution in [3.63, 3.8) is 0 Å². The molecule has 0 amide bonds. The molecule has 148 valence electrons. The number of piperidine rings is 1. The van der Waals surface area contributed by atoms with Crippen molar-refractivity contribution in [2.75, 3.05) is 26.2 Å². The lowest BCUT2D eigenvalue weighted by atomic mass is 9.84. The zero-order valence-electron chi connectivity index (χ0n) is 15.7. The predicted octanol–water partition coefficient (Wildman–Crippen LogP) is 2.35. The number of para-hydroxylation sites is 2. The Morgan fingerprint density at radius 1 is 1.04 bits per heavy atom. The molecule has 2 aliphatic rings. The molecule has 0 aliphatic carbocycles. The van der Waals surface area contributed by atoms with Crippen LogP contribution in [0.1, 0.15) is 18.4 Å². The molecule has 2 saturated heterocycles. The van der Waals surface area contributed by atoms with Crippen molar-refractivity contribution >= 4 is 6.47 Å². The minimum absolute atomic E-state index is 0.0409. The number of carbonyl (C=O) groups excluding carboxylic acids is 1. The molecule has 0 radical (unpaired) electrons. The third-order valence-electron chi connectivity index (χ3n) is 5.55. The zero-order valence-corrected chi connectivity index (χ0v) is 15.7. The van der Waals surface area contributed by atoms with Crippen molar-refractivity contribution in [2.45, 2.75) is 30.7 Å². The summed E-state index contributed by atoms with van der Waals surface area (Å²) in [4.78, 5) is 12.9. The van der Waals surface area contributed by atoms with E-state index in [0.29, 0.717) is 24.6 Å². The average molecular weight is 383 g/mol. The molecular weight excluding hydrogens is 358 g/mol. The van der Waals surface area contributed by atoms with Gasteiger partial charge >= 0.3 is 0 Å². The molecule has 2 unspecified atom stereocenters.